The molecule has 4 nitrogen and oxygen atoms in total. The normalized spacial score (nSPS) is 15.2. The van der Waals surface area contributed by atoms with Crippen molar-refractivity contribution in [1.29, 1.82) is 0 Å². The van der Waals surface area contributed by atoms with Crippen LogP contribution in [0.4, 0.5) is 8.78 Å². The molecule has 1 N–H and O–H groups in total. The fourth-order valence-electron chi connectivity index (χ4n) is 1.54. The SMILES string of the molecule is COc1ccc(C(C)(F)CNS(=O)(=O)C(C)C)c(F)c1. The molecule has 0 heterocycles. The van der Waals surface area contributed by atoms with Gasteiger partial charge in [0.15, 0.2) is 0 Å². The van der Waals surface area contributed by atoms with Crippen LogP contribution in [0, 0.1) is 5.82 Å². The molecule has 1 atom stereocenters. The average molecular weight is 307 g/mol. The summed E-state index contributed by atoms with van der Waals surface area (Å²) < 4.78 is 58.5. The van der Waals surface area contributed by atoms with E-state index in [1.54, 1.807) is 0 Å². The summed E-state index contributed by atoms with van der Waals surface area (Å²) in [4.78, 5) is 0. The highest BCUT2D eigenvalue weighted by Crippen LogP contribution is 2.29. The Bertz CT molecular complexity index is 571. The molecule has 0 spiro atoms. The number of hydrogen-bond acceptors (Lipinski definition) is 3. The molecule has 0 aromatic heterocycles. The molecule has 0 aliphatic carbocycles. The molecule has 20 heavy (non-hydrogen) atoms. The van der Waals surface area contributed by atoms with Crippen molar-refractivity contribution in [2.24, 2.45) is 0 Å². The van der Waals surface area contributed by atoms with Gasteiger partial charge in [0.2, 0.25) is 10.0 Å². The van der Waals surface area contributed by atoms with Gasteiger partial charge in [-0.05, 0) is 32.9 Å². The lowest BCUT2D eigenvalue weighted by Gasteiger charge is -2.23. The minimum Gasteiger partial charge on any atom is -0.497 e. The van der Waals surface area contributed by atoms with E-state index >= 15 is 0 Å². The van der Waals surface area contributed by atoms with Crippen molar-refractivity contribution in [2.45, 2.75) is 31.7 Å². The second kappa shape index (κ2) is 6.05. The van der Waals surface area contributed by atoms with Gasteiger partial charge in [-0.2, -0.15) is 0 Å². The average Bonchev–Trinajstić information content (AvgIpc) is 2.36. The minimum absolute atomic E-state index is 0.218. The molecule has 1 aromatic rings. The van der Waals surface area contributed by atoms with Crippen LogP contribution in [-0.2, 0) is 15.7 Å². The predicted octanol–water partition coefficient (Wildman–Crippen LogP) is 2.35. The quantitative estimate of drug-likeness (QED) is 0.877. The summed E-state index contributed by atoms with van der Waals surface area (Å²) in [5.41, 5.74) is -2.37. The highest BCUT2D eigenvalue weighted by atomic mass is 32.2. The summed E-state index contributed by atoms with van der Waals surface area (Å²) >= 11 is 0. The van der Waals surface area contributed by atoms with Crippen molar-refractivity contribution < 1.29 is 21.9 Å². The molecule has 114 valence electrons. The number of nitrogens with one attached hydrogen (secondary N) is 1. The van der Waals surface area contributed by atoms with Gasteiger partial charge in [-0.15, -0.1) is 0 Å². The van der Waals surface area contributed by atoms with Gasteiger partial charge in [-0.3, -0.25) is 0 Å². The van der Waals surface area contributed by atoms with E-state index in [0.717, 1.165) is 13.0 Å². The largest absolute Gasteiger partial charge is 0.497 e. The second-order valence-corrected chi connectivity index (χ2v) is 7.28. The Hall–Kier alpha value is -1.21. The number of rotatable bonds is 6. The Morgan fingerprint density at radius 1 is 1.40 bits per heavy atom. The van der Waals surface area contributed by atoms with E-state index in [1.807, 2.05) is 0 Å². The number of halogens is 2. The molecule has 1 unspecified atom stereocenters. The Labute approximate surface area is 118 Å². The smallest absolute Gasteiger partial charge is 0.214 e. The summed E-state index contributed by atoms with van der Waals surface area (Å²) in [5.74, 6) is -0.511. The molecular weight excluding hydrogens is 288 g/mol. The van der Waals surface area contributed by atoms with Crippen LogP contribution >= 0.6 is 0 Å². The van der Waals surface area contributed by atoms with Gasteiger partial charge in [-0.1, -0.05) is 0 Å². The van der Waals surface area contributed by atoms with Gasteiger partial charge < -0.3 is 4.74 Å². The number of hydrogen-bond donors (Lipinski definition) is 1. The standard InChI is InChI=1S/C13H19F2NO3S/c1-9(2)20(17,18)16-8-13(3,15)11-6-5-10(19-4)7-12(11)14/h5-7,9,16H,8H2,1-4H3. The monoisotopic (exact) mass is 307 g/mol. The highest BCUT2D eigenvalue weighted by Gasteiger charge is 2.31. The summed E-state index contributed by atoms with van der Waals surface area (Å²) in [6.07, 6.45) is 0. The van der Waals surface area contributed by atoms with Crippen molar-refractivity contribution in [3.8, 4) is 5.75 Å². The van der Waals surface area contributed by atoms with Crippen LogP contribution in [0.3, 0.4) is 0 Å². The van der Waals surface area contributed by atoms with Crippen molar-refractivity contribution in [3.05, 3.63) is 29.6 Å². The maximum atomic E-state index is 14.5. The molecule has 0 aliphatic heterocycles. The van der Waals surface area contributed by atoms with E-state index < -0.39 is 33.3 Å². The lowest BCUT2D eigenvalue weighted by Crippen LogP contribution is -2.39. The van der Waals surface area contributed by atoms with Gasteiger partial charge in [0.25, 0.3) is 0 Å². The topological polar surface area (TPSA) is 55.4 Å². The summed E-state index contributed by atoms with van der Waals surface area (Å²) in [7, 11) is -2.23. The van der Waals surface area contributed by atoms with Crippen LogP contribution in [0.2, 0.25) is 0 Å². The summed E-state index contributed by atoms with van der Waals surface area (Å²) in [6, 6.07) is 3.73. The first-order valence-electron chi connectivity index (χ1n) is 6.11. The second-order valence-electron chi connectivity index (χ2n) is 4.96. The Morgan fingerprint density at radius 3 is 2.45 bits per heavy atom. The first kappa shape index (κ1) is 16.8. The van der Waals surface area contributed by atoms with Crippen LogP contribution in [0.25, 0.3) is 0 Å². The van der Waals surface area contributed by atoms with E-state index in [9.17, 15) is 17.2 Å². The van der Waals surface area contributed by atoms with Crippen molar-refractivity contribution in [2.75, 3.05) is 13.7 Å². The molecule has 0 saturated carbocycles. The first-order valence-corrected chi connectivity index (χ1v) is 7.66. The van der Waals surface area contributed by atoms with Gasteiger partial charge >= 0.3 is 0 Å². The zero-order valence-corrected chi connectivity index (χ0v) is 12.7. The number of sulfonamides is 1. The van der Waals surface area contributed by atoms with Crippen LogP contribution in [0.1, 0.15) is 26.3 Å². The van der Waals surface area contributed by atoms with Gasteiger partial charge in [-0.25, -0.2) is 21.9 Å². The van der Waals surface area contributed by atoms with Crippen molar-refractivity contribution >= 4 is 10.0 Å². The molecule has 0 bridgehead atoms. The third kappa shape index (κ3) is 3.89. The third-order valence-electron chi connectivity index (χ3n) is 2.96. The van der Waals surface area contributed by atoms with Crippen LogP contribution in [0.5, 0.6) is 5.75 Å². The zero-order valence-electron chi connectivity index (χ0n) is 11.9. The molecule has 1 rings (SSSR count). The number of alkyl halides is 1. The highest BCUT2D eigenvalue weighted by molar-refractivity contribution is 7.90. The summed E-state index contributed by atoms with van der Waals surface area (Å²) in [5, 5.41) is -0.681. The van der Waals surface area contributed by atoms with Crippen LogP contribution in [-0.4, -0.2) is 27.3 Å². The number of methoxy groups -OCH3 is 1. The molecule has 1 aromatic carbocycles. The Balaban J connectivity index is 2.94. The van der Waals surface area contributed by atoms with Crippen molar-refractivity contribution in [3.63, 3.8) is 0 Å². The first-order chi connectivity index (χ1) is 9.10. The Morgan fingerprint density at radius 2 is 2.00 bits per heavy atom. The molecule has 0 amide bonds. The van der Waals surface area contributed by atoms with E-state index in [4.69, 9.17) is 4.74 Å². The van der Waals surface area contributed by atoms with Gasteiger partial charge in [0, 0.05) is 18.2 Å². The molecule has 0 fully saturated rings. The zero-order chi connectivity index (χ0) is 15.6. The Kier molecular flexibility index (Phi) is 5.10. The molecular formula is C13H19F2NO3S. The lowest BCUT2D eigenvalue weighted by molar-refractivity contribution is 0.189. The number of benzene rings is 1. The fourth-order valence-corrected chi connectivity index (χ4v) is 2.35. The van der Waals surface area contributed by atoms with E-state index in [0.29, 0.717) is 0 Å². The number of ether oxygens (including phenoxy) is 1. The molecule has 7 heteroatoms. The maximum Gasteiger partial charge on any atom is 0.214 e. The van der Waals surface area contributed by atoms with E-state index in [1.165, 1.54) is 33.1 Å². The van der Waals surface area contributed by atoms with E-state index in [-0.39, 0.29) is 11.3 Å². The maximum absolute atomic E-state index is 14.5. The fraction of sp³-hybridized carbons (Fsp3) is 0.538. The van der Waals surface area contributed by atoms with E-state index in [2.05, 4.69) is 4.72 Å². The van der Waals surface area contributed by atoms with Crippen LogP contribution < -0.4 is 9.46 Å². The van der Waals surface area contributed by atoms with Crippen molar-refractivity contribution in [1.82, 2.24) is 4.72 Å². The van der Waals surface area contributed by atoms with Gasteiger partial charge in [0.1, 0.15) is 17.2 Å². The minimum atomic E-state index is -3.60. The molecule has 0 radical (unpaired) electrons. The predicted molar refractivity (Wildman–Crippen MR) is 73.5 cm³/mol. The molecule has 0 aliphatic rings. The summed E-state index contributed by atoms with van der Waals surface area (Å²) in [6.45, 7) is 3.55. The molecule has 0 saturated heterocycles. The third-order valence-corrected chi connectivity index (χ3v) is 4.75. The van der Waals surface area contributed by atoms with Gasteiger partial charge in [0.05, 0.1) is 12.4 Å². The lowest BCUT2D eigenvalue weighted by atomic mass is 9.97. The van der Waals surface area contributed by atoms with Crippen LogP contribution in [0.15, 0.2) is 18.2 Å².